The third kappa shape index (κ3) is 2.98. The van der Waals surface area contributed by atoms with Crippen LogP contribution in [0.25, 0.3) is 87.7 Å². The molecule has 10 rings (SSSR count). The Labute approximate surface area is 246 Å². The number of hydrogen-bond donors (Lipinski definition) is 0. The zero-order valence-corrected chi connectivity index (χ0v) is 23.2. The second kappa shape index (κ2) is 8.37. The molecule has 0 bridgehead atoms. The Morgan fingerprint density at radius 2 is 0.860 bits per heavy atom. The average molecular weight is 549 g/mol. The van der Waals surface area contributed by atoms with Crippen LogP contribution in [0.1, 0.15) is 0 Å². The summed E-state index contributed by atoms with van der Waals surface area (Å²) in [6.07, 6.45) is 0. The van der Waals surface area contributed by atoms with Gasteiger partial charge in [0.15, 0.2) is 5.58 Å². The summed E-state index contributed by atoms with van der Waals surface area (Å²) < 4.78 is 11.5. The van der Waals surface area contributed by atoms with Gasteiger partial charge in [-0.15, -0.1) is 0 Å². The highest BCUT2D eigenvalue weighted by molar-refractivity contribution is 6.35. The van der Waals surface area contributed by atoms with E-state index in [-0.39, 0.29) is 0 Å². The monoisotopic (exact) mass is 548 g/mol. The van der Waals surface area contributed by atoms with Crippen molar-refractivity contribution in [3.8, 4) is 11.4 Å². The van der Waals surface area contributed by atoms with Crippen molar-refractivity contribution in [2.75, 3.05) is 0 Å². The fourth-order valence-corrected chi connectivity index (χ4v) is 7.37. The first kappa shape index (κ1) is 22.8. The number of para-hydroxylation sites is 4. The molecule has 0 amide bonds. The highest BCUT2D eigenvalue weighted by Gasteiger charge is 2.23. The maximum absolute atomic E-state index is 6.76. The van der Waals surface area contributed by atoms with Gasteiger partial charge in [-0.05, 0) is 53.2 Å². The van der Waals surface area contributed by atoms with Gasteiger partial charge in [0, 0.05) is 43.7 Å². The van der Waals surface area contributed by atoms with Crippen molar-refractivity contribution in [3.05, 3.63) is 146 Å². The molecule has 0 aliphatic carbocycles. The lowest BCUT2D eigenvalue weighted by molar-refractivity contribution is 0.671. The van der Waals surface area contributed by atoms with E-state index in [0.717, 1.165) is 39.0 Å². The Bertz CT molecular complexity index is 2680. The van der Waals surface area contributed by atoms with Gasteiger partial charge in [0.1, 0.15) is 5.58 Å². The van der Waals surface area contributed by atoms with Gasteiger partial charge >= 0.3 is 0 Å². The van der Waals surface area contributed by atoms with Crippen LogP contribution in [0, 0.1) is 0 Å². The molecule has 0 aliphatic rings. The van der Waals surface area contributed by atoms with Crippen LogP contribution in [0.4, 0.5) is 0 Å². The summed E-state index contributed by atoms with van der Waals surface area (Å²) in [6, 6.07) is 52.2. The Balaban J connectivity index is 1.38. The average Bonchev–Trinajstić information content (AvgIpc) is 3.73. The minimum absolute atomic E-state index is 0.908. The standard InChI is InChI=1S/C40H24N2O/c1-2-17-30-29(16-1)37-31-18-5-9-22-35(31)42(39(37)40-38(30)32-19-6-10-23-36(32)43-40)26-13-11-12-25(24-26)41-33-20-7-3-14-27(33)28-15-4-8-21-34(28)41/h1-24H. The van der Waals surface area contributed by atoms with Crippen molar-refractivity contribution in [2.45, 2.75) is 0 Å². The van der Waals surface area contributed by atoms with Crippen molar-refractivity contribution in [1.29, 1.82) is 0 Å². The normalized spacial score (nSPS) is 12.2. The van der Waals surface area contributed by atoms with Crippen molar-refractivity contribution >= 4 is 76.3 Å². The zero-order valence-electron chi connectivity index (χ0n) is 23.2. The smallest absolute Gasteiger partial charge is 0.160 e. The van der Waals surface area contributed by atoms with E-state index in [1.54, 1.807) is 0 Å². The molecule has 0 radical (unpaired) electrons. The Morgan fingerprint density at radius 1 is 0.372 bits per heavy atom. The first-order chi connectivity index (χ1) is 21.4. The lowest BCUT2D eigenvalue weighted by Gasteiger charge is -2.13. The van der Waals surface area contributed by atoms with Crippen LogP contribution in [-0.2, 0) is 0 Å². The Kier molecular flexibility index (Phi) is 4.45. The summed E-state index contributed by atoms with van der Waals surface area (Å²) in [5.41, 5.74) is 8.73. The van der Waals surface area contributed by atoms with Gasteiger partial charge in [0.05, 0.1) is 22.1 Å². The number of nitrogens with zero attached hydrogens (tertiary/aromatic N) is 2. The van der Waals surface area contributed by atoms with E-state index >= 15 is 0 Å². The molecule has 3 heteroatoms. The molecule has 0 fully saturated rings. The molecule has 3 nitrogen and oxygen atoms in total. The highest BCUT2D eigenvalue weighted by atomic mass is 16.3. The minimum Gasteiger partial charge on any atom is -0.454 e. The fraction of sp³-hybridized carbons (Fsp3) is 0. The predicted octanol–water partition coefficient (Wildman–Crippen LogP) is 10.9. The van der Waals surface area contributed by atoms with Crippen molar-refractivity contribution in [1.82, 2.24) is 9.13 Å². The van der Waals surface area contributed by atoms with E-state index < -0.39 is 0 Å². The Morgan fingerprint density at radius 3 is 1.53 bits per heavy atom. The summed E-state index contributed by atoms with van der Waals surface area (Å²) in [6.45, 7) is 0. The lowest BCUT2D eigenvalue weighted by Crippen LogP contribution is -1.98. The van der Waals surface area contributed by atoms with Crippen LogP contribution in [-0.4, -0.2) is 9.13 Å². The summed E-state index contributed by atoms with van der Waals surface area (Å²) in [7, 11) is 0. The molecule has 43 heavy (non-hydrogen) atoms. The second-order valence-corrected chi connectivity index (χ2v) is 11.3. The predicted molar refractivity (Wildman–Crippen MR) is 180 cm³/mol. The van der Waals surface area contributed by atoms with Crippen LogP contribution >= 0.6 is 0 Å². The van der Waals surface area contributed by atoms with Crippen LogP contribution < -0.4 is 0 Å². The van der Waals surface area contributed by atoms with Gasteiger partial charge < -0.3 is 13.6 Å². The summed E-state index contributed by atoms with van der Waals surface area (Å²) >= 11 is 0. The van der Waals surface area contributed by atoms with Crippen LogP contribution in [0.15, 0.2) is 150 Å². The largest absolute Gasteiger partial charge is 0.454 e. The van der Waals surface area contributed by atoms with Crippen LogP contribution in [0.3, 0.4) is 0 Å². The Hall–Kier alpha value is -5.80. The highest BCUT2D eigenvalue weighted by Crippen LogP contribution is 2.45. The third-order valence-electron chi connectivity index (χ3n) is 9.08. The molecule has 3 aromatic heterocycles. The van der Waals surface area contributed by atoms with E-state index in [1.165, 1.54) is 48.7 Å². The number of aromatic nitrogens is 2. The molecule has 0 aliphatic heterocycles. The lowest BCUT2D eigenvalue weighted by atomic mass is 9.99. The third-order valence-corrected chi connectivity index (χ3v) is 9.08. The summed E-state index contributed by atoms with van der Waals surface area (Å²) in [5.74, 6) is 0. The molecule has 0 unspecified atom stereocenters. The van der Waals surface area contributed by atoms with Crippen LogP contribution in [0.5, 0.6) is 0 Å². The number of rotatable bonds is 2. The quantitative estimate of drug-likeness (QED) is 0.211. The number of benzene rings is 7. The van der Waals surface area contributed by atoms with Crippen LogP contribution in [0.2, 0.25) is 0 Å². The molecule has 0 N–H and O–H groups in total. The van der Waals surface area contributed by atoms with Crippen molar-refractivity contribution in [2.24, 2.45) is 0 Å². The van der Waals surface area contributed by atoms with E-state index in [0.29, 0.717) is 0 Å². The van der Waals surface area contributed by atoms with E-state index in [1.807, 2.05) is 0 Å². The van der Waals surface area contributed by atoms with E-state index in [2.05, 4.69) is 155 Å². The molecular formula is C40H24N2O. The molecule has 0 saturated heterocycles. The maximum atomic E-state index is 6.76. The van der Waals surface area contributed by atoms with Gasteiger partial charge in [0.2, 0.25) is 0 Å². The molecule has 0 atom stereocenters. The minimum atomic E-state index is 0.908. The first-order valence-electron chi connectivity index (χ1n) is 14.7. The number of furan rings is 1. The fourth-order valence-electron chi connectivity index (χ4n) is 7.37. The number of hydrogen-bond acceptors (Lipinski definition) is 1. The van der Waals surface area contributed by atoms with E-state index in [9.17, 15) is 0 Å². The topological polar surface area (TPSA) is 23.0 Å². The van der Waals surface area contributed by atoms with Gasteiger partial charge in [-0.2, -0.15) is 0 Å². The molecule has 7 aromatic carbocycles. The number of fused-ring (bicyclic) bond motifs is 13. The van der Waals surface area contributed by atoms with Gasteiger partial charge in [-0.3, -0.25) is 0 Å². The molecule has 0 spiro atoms. The van der Waals surface area contributed by atoms with E-state index in [4.69, 9.17) is 4.42 Å². The summed E-state index contributed by atoms with van der Waals surface area (Å²) in [5, 5.41) is 9.74. The molecule has 200 valence electrons. The van der Waals surface area contributed by atoms with Gasteiger partial charge in [-0.25, -0.2) is 0 Å². The van der Waals surface area contributed by atoms with Crippen molar-refractivity contribution < 1.29 is 4.42 Å². The first-order valence-corrected chi connectivity index (χ1v) is 14.7. The summed E-state index contributed by atoms with van der Waals surface area (Å²) in [4.78, 5) is 0. The molecule has 0 saturated carbocycles. The van der Waals surface area contributed by atoms with Crippen molar-refractivity contribution in [3.63, 3.8) is 0 Å². The zero-order chi connectivity index (χ0) is 28.1. The molecular weight excluding hydrogens is 524 g/mol. The molecule has 10 aromatic rings. The second-order valence-electron chi connectivity index (χ2n) is 11.3. The van der Waals surface area contributed by atoms with Gasteiger partial charge in [-0.1, -0.05) is 103 Å². The maximum Gasteiger partial charge on any atom is 0.160 e. The van der Waals surface area contributed by atoms with Gasteiger partial charge in [0.25, 0.3) is 0 Å². The molecule has 3 heterocycles. The SMILES string of the molecule is c1cc(-n2c3ccccc3c3ccccc32)cc(-n2c3ccccc3c3c4ccccc4c4c5ccccc5oc4c32)c1.